The van der Waals surface area contributed by atoms with Crippen LogP contribution in [0.1, 0.15) is 30.5 Å². The molecule has 3 rings (SSSR count). The molecule has 26 heavy (non-hydrogen) atoms. The van der Waals surface area contributed by atoms with Gasteiger partial charge in [0.1, 0.15) is 5.75 Å². The van der Waals surface area contributed by atoms with Crippen molar-refractivity contribution in [3.63, 3.8) is 0 Å². The maximum Gasteiger partial charge on any atom is 0.319 e. The van der Waals surface area contributed by atoms with E-state index in [1.165, 1.54) is 6.07 Å². The van der Waals surface area contributed by atoms with Gasteiger partial charge >= 0.3 is 6.03 Å². The van der Waals surface area contributed by atoms with Gasteiger partial charge in [-0.05, 0) is 29.7 Å². The normalized spacial score (nSPS) is 16.8. The zero-order valence-corrected chi connectivity index (χ0v) is 15.0. The highest BCUT2D eigenvalue weighted by Gasteiger charge is 2.32. The Morgan fingerprint density at radius 1 is 1.19 bits per heavy atom. The first-order valence-corrected chi connectivity index (χ1v) is 8.73. The molecule has 0 spiro atoms. The van der Waals surface area contributed by atoms with Crippen LogP contribution in [-0.2, 0) is 11.2 Å². The maximum atomic E-state index is 13.0. The van der Waals surface area contributed by atoms with Gasteiger partial charge in [0.25, 0.3) is 0 Å². The molecule has 2 aromatic carbocycles. The van der Waals surface area contributed by atoms with Crippen molar-refractivity contribution in [2.75, 3.05) is 0 Å². The number of nitrogens with one attached hydrogen (secondary N) is 2. The van der Waals surface area contributed by atoms with Crippen LogP contribution in [0.4, 0.5) is 4.79 Å². The summed E-state index contributed by atoms with van der Waals surface area (Å²) in [7, 11) is 0. The molecule has 3 N–H and O–H groups in total. The van der Waals surface area contributed by atoms with Crippen LogP contribution in [0.25, 0.3) is 0 Å². The third-order valence-corrected chi connectivity index (χ3v) is 4.62. The lowest BCUT2D eigenvalue weighted by Gasteiger charge is -2.30. The third kappa shape index (κ3) is 3.73. The van der Waals surface area contributed by atoms with Crippen molar-refractivity contribution in [2.45, 2.75) is 25.8 Å². The molecule has 1 aliphatic rings. The van der Waals surface area contributed by atoms with E-state index >= 15 is 0 Å². The summed E-state index contributed by atoms with van der Waals surface area (Å²) in [4.78, 5) is 25.1. The number of Topliss-reactive ketones (excluding diaryl/α,β-unsaturated/α-hetero) is 1. The van der Waals surface area contributed by atoms with Crippen LogP contribution in [0.3, 0.4) is 0 Å². The number of halogens is 1. The molecule has 0 saturated carbocycles. The first kappa shape index (κ1) is 18.0. The van der Waals surface area contributed by atoms with Crippen LogP contribution in [0.5, 0.6) is 5.75 Å². The van der Waals surface area contributed by atoms with Crippen LogP contribution in [0.15, 0.2) is 59.8 Å². The second-order valence-corrected chi connectivity index (χ2v) is 6.48. The molecule has 0 radical (unpaired) electrons. The number of urea groups is 1. The number of carbonyl (C=O) groups excluding carboxylic acids is 2. The number of ketones is 1. The minimum atomic E-state index is -0.618. The van der Waals surface area contributed by atoms with Crippen molar-refractivity contribution in [3.05, 3.63) is 76.0 Å². The molecule has 2 aromatic rings. The highest BCUT2D eigenvalue weighted by atomic mass is 35.5. The number of phenolic OH excluding ortho intramolecular Hbond substituents is 1. The molecule has 0 unspecified atom stereocenters. The largest absolute Gasteiger partial charge is 0.506 e. The number of hydrogen-bond donors (Lipinski definition) is 3. The van der Waals surface area contributed by atoms with E-state index in [9.17, 15) is 14.7 Å². The lowest BCUT2D eigenvalue weighted by Crippen LogP contribution is -2.45. The molecule has 5 nitrogen and oxygen atoms in total. The van der Waals surface area contributed by atoms with Crippen LogP contribution in [0, 0.1) is 0 Å². The minimum Gasteiger partial charge on any atom is -0.506 e. The van der Waals surface area contributed by atoms with Crippen molar-refractivity contribution in [1.29, 1.82) is 0 Å². The summed E-state index contributed by atoms with van der Waals surface area (Å²) < 4.78 is 0. The Morgan fingerprint density at radius 2 is 1.92 bits per heavy atom. The van der Waals surface area contributed by atoms with Crippen LogP contribution < -0.4 is 10.6 Å². The Morgan fingerprint density at radius 3 is 2.58 bits per heavy atom. The van der Waals surface area contributed by atoms with E-state index in [0.29, 0.717) is 23.3 Å². The topological polar surface area (TPSA) is 78.4 Å². The Kier molecular flexibility index (Phi) is 5.28. The molecule has 1 atom stereocenters. The predicted molar refractivity (Wildman–Crippen MR) is 100.0 cm³/mol. The monoisotopic (exact) mass is 370 g/mol. The van der Waals surface area contributed by atoms with Gasteiger partial charge in [0, 0.05) is 17.7 Å². The number of carbonyl (C=O) groups is 2. The molecule has 6 heteroatoms. The lowest BCUT2D eigenvalue weighted by molar-refractivity contribution is -0.115. The van der Waals surface area contributed by atoms with Gasteiger partial charge < -0.3 is 15.7 Å². The van der Waals surface area contributed by atoms with Crippen LogP contribution in [0.2, 0.25) is 5.02 Å². The van der Waals surface area contributed by atoms with E-state index in [2.05, 4.69) is 10.6 Å². The standard InChI is InChI=1S/C20H19ClN2O3/c1-2-15-18(17(25)10-12-6-4-3-5-7-12)19(23-20(26)22-15)13-8-9-16(24)14(21)11-13/h3-9,11,19,24H,2,10H2,1H3,(H2,22,23,26)/t19-/m0/s1. The molecule has 1 heterocycles. The first-order valence-electron chi connectivity index (χ1n) is 8.35. The SMILES string of the molecule is CCC1=C(C(=O)Cc2ccccc2)[C@H](c2ccc(O)c(Cl)c2)NC(=O)N1. The average molecular weight is 371 g/mol. The van der Waals surface area contributed by atoms with Crippen LogP contribution in [-0.4, -0.2) is 16.9 Å². The van der Waals surface area contributed by atoms with Crippen molar-refractivity contribution < 1.29 is 14.7 Å². The highest BCUT2D eigenvalue weighted by molar-refractivity contribution is 6.32. The summed E-state index contributed by atoms with van der Waals surface area (Å²) >= 11 is 6.02. The number of rotatable bonds is 5. The number of phenols is 1. The molecule has 0 bridgehead atoms. The highest BCUT2D eigenvalue weighted by Crippen LogP contribution is 2.33. The molecule has 1 aliphatic heterocycles. The predicted octanol–water partition coefficient (Wildman–Crippen LogP) is 3.88. The van der Waals surface area contributed by atoms with Crippen molar-refractivity contribution in [1.82, 2.24) is 10.6 Å². The van der Waals surface area contributed by atoms with Gasteiger partial charge in [-0.25, -0.2) is 4.79 Å². The summed E-state index contributed by atoms with van der Waals surface area (Å²) in [6, 6.07) is 13.1. The molecule has 0 saturated heterocycles. The van der Waals surface area contributed by atoms with Crippen molar-refractivity contribution in [3.8, 4) is 5.75 Å². The molecule has 2 amide bonds. The van der Waals surface area contributed by atoms with Gasteiger partial charge in [-0.1, -0.05) is 54.9 Å². The van der Waals surface area contributed by atoms with E-state index in [1.807, 2.05) is 37.3 Å². The Labute approximate surface area is 156 Å². The van der Waals surface area contributed by atoms with Crippen molar-refractivity contribution in [2.24, 2.45) is 0 Å². The lowest BCUT2D eigenvalue weighted by atomic mass is 9.89. The zero-order valence-electron chi connectivity index (χ0n) is 14.3. The fourth-order valence-corrected chi connectivity index (χ4v) is 3.24. The molecular formula is C20H19ClN2O3. The summed E-state index contributed by atoms with van der Waals surface area (Å²) in [6.45, 7) is 1.89. The second kappa shape index (κ2) is 7.62. The summed E-state index contributed by atoms with van der Waals surface area (Å²) in [5.41, 5.74) is 2.66. The van der Waals surface area contributed by atoms with Gasteiger partial charge in [0.2, 0.25) is 0 Å². The number of allylic oxidation sites excluding steroid dienone is 1. The van der Waals surface area contributed by atoms with Gasteiger partial charge in [-0.2, -0.15) is 0 Å². The number of hydrogen-bond acceptors (Lipinski definition) is 3. The molecule has 134 valence electrons. The van der Waals surface area contributed by atoms with Gasteiger partial charge in [0.05, 0.1) is 11.1 Å². The van der Waals surface area contributed by atoms with E-state index in [-0.39, 0.29) is 29.0 Å². The summed E-state index contributed by atoms with van der Waals surface area (Å²) in [5, 5.41) is 15.3. The molecule has 0 aliphatic carbocycles. The fourth-order valence-electron chi connectivity index (χ4n) is 3.06. The molecule has 0 fully saturated rings. The van der Waals surface area contributed by atoms with Gasteiger partial charge in [-0.15, -0.1) is 0 Å². The van der Waals surface area contributed by atoms with Crippen LogP contribution >= 0.6 is 11.6 Å². The fraction of sp³-hybridized carbons (Fsp3) is 0.200. The number of amides is 2. The Hall–Kier alpha value is -2.79. The van der Waals surface area contributed by atoms with E-state index < -0.39 is 6.04 Å². The first-order chi connectivity index (χ1) is 12.5. The maximum absolute atomic E-state index is 13.0. The Bertz CT molecular complexity index is 878. The average Bonchev–Trinajstić information content (AvgIpc) is 2.63. The third-order valence-electron chi connectivity index (χ3n) is 4.32. The Balaban J connectivity index is 2.01. The number of benzene rings is 2. The zero-order chi connectivity index (χ0) is 18.7. The smallest absolute Gasteiger partial charge is 0.319 e. The van der Waals surface area contributed by atoms with Crippen molar-refractivity contribution >= 4 is 23.4 Å². The summed E-state index contributed by atoms with van der Waals surface area (Å²) in [6.07, 6.45) is 0.755. The second-order valence-electron chi connectivity index (χ2n) is 6.07. The van der Waals surface area contributed by atoms with Gasteiger partial charge in [-0.3, -0.25) is 4.79 Å². The van der Waals surface area contributed by atoms with E-state index in [4.69, 9.17) is 11.6 Å². The van der Waals surface area contributed by atoms with E-state index in [0.717, 1.165) is 5.56 Å². The minimum absolute atomic E-state index is 0.0486. The number of aromatic hydroxyl groups is 1. The summed E-state index contributed by atoms with van der Waals surface area (Å²) in [5.74, 6) is -0.123. The van der Waals surface area contributed by atoms with Gasteiger partial charge in [0.15, 0.2) is 5.78 Å². The molecular weight excluding hydrogens is 352 g/mol. The molecule has 0 aromatic heterocycles. The van der Waals surface area contributed by atoms with E-state index in [1.54, 1.807) is 12.1 Å². The quantitative estimate of drug-likeness (QED) is 0.747.